The summed E-state index contributed by atoms with van der Waals surface area (Å²) in [5, 5.41) is 0. The van der Waals surface area contributed by atoms with E-state index in [0.29, 0.717) is 47.0 Å². The summed E-state index contributed by atoms with van der Waals surface area (Å²) in [7, 11) is 0. The summed E-state index contributed by atoms with van der Waals surface area (Å²) in [6, 6.07) is 10.7. The summed E-state index contributed by atoms with van der Waals surface area (Å²) < 4.78 is 11.8. The molecule has 1 atom stereocenters. The number of ether oxygens (including phenoxy) is 2. The fourth-order valence-electron chi connectivity index (χ4n) is 3.10. The van der Waals surface area contributed by atoms with Gasteiger partial charge in [0.25, 0.3) is 11.8 Å². The Bertz CT molecular complexity index is 834. The molecule has 136 valence electrons. The van der Waals surface area contributed by atoms with Crippen LogP contribution in [0.5, 0.6) is 5.75 Å². The first-order chi connectivity index (χ1) is 12.6. The molecule has 1 aromatic heterocycles. The average Bonchev–Trinajstić information content (AvgIpc) is 3.13. The minimum atomic E-state index is -0.734. The fraction of sp³-hybridized carbons (Fsp3) is 0.333. The second-order valence-corrected chi connectivity index (χ2v) is 7.75. The highest BCUT2D eigenvalue weighted by Gasteiger charge is 2.37. The topological polar surface area (TPSA) is 59.1 Å². The number of thiophene rings is 1. The fourth-order valence-corrected chi connectivity index (χ4v) is 4.10. The Morgan fingerprint density at radius 3 is 2.62 bits per heavy atom. The molecule has 0 radical (unpaired) electrons. The molecule has 4 rings (SSSR count). The number of fused-ring (bicyclic) bond motifs is 1. The molecule has 1 aromatic carbocycles. The molecule has 0 saturated carbocycles. The predicted molar refractivity (Wildman–Crippen MR) is 99.3 cm³/mol. The van der Waals surface area contributed by atoms with Gasteiger partial charge in [0, 0.05) is 13.1 Å². The molecule has 2 aromatic rings. The average molecular weight is 393 g/mol. The van der Waals surface area contributed by atoms with Gasteiger partial charge in [-0.1, -0.05) is 23.7 Å². The second kappa shape index (κ2) is 7.26. The summed E-state index contributed by atoms with van der Waals surface area (Å²) in [5.41, 5.74) is 0.660. The van der Waals surface area contributed by atoms with Gasteiger partial charge >= 0.3 is 0 Å². The van der Waals surface area contributed by atoms with Crippen LogP contribution in [-0.2, 0) is 9.53 Å². The molecule has 1 saturated heterocycles. The lowest BCUT2D eigenvalue weighted by Gasteiger charge is -2.37. The largest absolute Gasteiger partial charge is 0.476 e. The molecule has 0 unspecified atom stereocenters. The Hall–Kier alpha value is -2.09. The van der Waals surface area contributed by atoms with Crippen molar-refractivity contribution in [3.63, 3.8) is 0 Å². The maximum atomic E-state index is 13.0. The molecule has 8 heteroatoms. The SMILES string of the molecule is O=C([C@@H]1CN(C(=O)c2ccc(Cl)s2)c2ccccc2O1)N1CCOCC1. The van der Waals surface area contributed by atoms with E-state index in [9.17, 15) is 9.59 Å². The zero-order valence-electron chi connectivity index (χ0n) is 13.9. The third-order valence-electron chi connectivity index (χ3n) is 4.40. The third-order valence-corrected chi connectivity index (χ3v) is 5.62. The molecule has 6 nitrogen and oxygen atoms in total. The second-order valence-electron chi connectivity index (χ2n) is 6.03. The van der Waals surface area contributed by atoms with E-state index >= 15 is 0 Å². The van der Waals surface area contributed by atoms with Crippen LogP contribution in [0.2, 0.25) is 4.34 Å². The first kappa shape index (κ1) is 17.3. The van der Waals surface area contributed by atoms with E-state index in [1.54, 1.807) is 28.0 Å². The maximum absolute atomic E-state index is 13.0. The van der Waals surface area contributed by atoms with E-state index in [-0.39, 0.29) is 18.4 Å². The molecule has 2 amide bonds. The normalized spacial score (nSPS) is 19.7. The first-order valence-corrected chi connectivity index (χ1v) is 9.52. The summed E-state index contributed by atoms with van der Waals surface area (Å²) in [6.07, 6.45) is -0.734. The number of amides is 2. The van der Waals surface area contributed by atoms with E-state index in [2.05, 4.69) is 0 Å². The molecule has 0 N–H and O–H groups in total. The standard InChI is InChI=1S/C18H17ClN2O4S/c19-16-6-5-15(26-16)18(23)21-11-14(17(22)20-7-9-24-10-8-20)25-13-4-2-1-3-12(13)21/h1-6,14H,7-11H2/t14-/m0/s1. The zero-order chi connectivity index (χ0) is 18.1. The minimum Gasteiger partial charge on any atom is -0.476 e. The van der Waals surface area contributed by atoms with Crippen LogP contribution in [0, 0.1) is 0 Å². The number of benzene rings is 1. The van der Waals surface area contributed by atoms with Crippen molar-refractivity contribution in [1.29, 1.82) is 0 Å². The quantitative estimate of drug-likeness (QED) is 0.788. The Morgan fingerprint density at radius 1 is 1.12 bits per heavy atom. The number of para-hydroxylation sites is 2. The van der Waals surface area contributed by atoms with Crippen molar-refractivity contribution >= 4 is 40.4 Å². The smallest absolute Gasteiger partial charge is 0.268 e. The molecule has 0 bridgehead atoms. The third kappa shape index (κ3) is 3.30. The highest BCUT2D eigenvalue weighted by molar-refractivity contribution is 7.18. The van der Waals surface area contributed by atoms with Crippen LogP contribution in [0.15, 0.2) is 36.4 Å². The molecule has 3 heterocycles. The molecule has 2 aliphatic heterocycles. The van der Waals surface area contributed by atoms with Gasteiger partial charge in [0.1, 0.15) is 5.75 Å². The van der Waals surface area contributed by atoms with Crippen molar-refractivity contribution in [3.05, 3.63) is 45.6 Å². The molecular formula is C18H17ClN2O4S. The lowest BCUT2D eigenvalue weighted by atomic mass is 10.1. The lowest BCUT2D eigenvalue weighted by molar-refractivity contribution is -0.142. The van der Waals surface area contributed by atoms with Gasteiger partial charge in [0.2, 0.25) is 0 Å². The molecule has 0 spiro atoms. The number of halogens is 1. The van der Waals surface area contributed by atoms with Gasteiger partial charge in [-0.25, -0.2) is 0 Å². The van der Waals surface area contributed by atoms with Crippen LogP contribution >= 0.6 is 22.9 Å². The van der Waals surface area contributed by atoms with Crippen LogP contribution < -0.4 is 9.64 Å². The Morgan fingerprint density at radius 2 is 1.88 bits per heavy atom. The zero-order valence-corrected chi connectivity index (χ0v) is 15.5. The summed E-state index contributed by atoms with van der Waals surface area (Å²) >= 11 is 7.20. The molecule has 1 fully saturated rings. The van der Waals surface area contributed by atoms with E-state index < -0.39 is 6.10 Å². The van der Waals surface area contributed by atoms with Gasteiger partial charge in [-0.15, -0.1) is 11.3 Å². The molecule has 0 aliphatic carbocycles. The van der Waals surface area contributed by atoms with Gasteiger partial charge < -0.3 is 14.4 Å². The van der Waals surface area contributed by atoms with Crippen LogP contribution in [-0.4, -0.2) is 55.7 Å². The molecular weight excluding hydrogens is 376 g/mol. The number of carbonyl (C=O) groups is 2. The van der Waals surface area contributed by atoms with Crippen LogP contribution in [0.1, 0.15) is 9.67 Å². The molecule has 26 heavy (non-hydrogen) atoms. The first-order valence-electron chi connectivity index (χ1n) is 8.33. The van der Waals surface area contributed by atoms with Gasteiger partial charge in [-0.3, -0.25) is 14.5 Å². The van der Waals surface area contributed by atoms with Gasteiger partial charge in [-0.2, -0.15) is 0 Å². The monoisotopic (exact) mass is 392 g/mol. The maximum Gasteiger partial charge on any atom is 0.268 e. The van der Waals surface area contributed by atoms with E-state index in [1.807, 2.05) is 18.2 Å². The van der Waals surface area contributed by atoms with Crippen molar-refractivity contribution in [3.8, 4) is 5.75 Å². The van der Waals surface area contributed by atoms with Gasteiger partial charge in [-0.05, 0) is 24.3 Å². The number of nitrogens with zero attached hydrogens (tertiary/aromatic N) is 2. The number of hydrogen-bond acceptors (Lipinski definition) is 5. The lowest BCUT2D eigenvalue weighted by Crippen LogP contribution is -2.54. The van der Waals surface area contributed by atoms with Crippen molar-refractivity contribution in [1.82, 2.24) is 4.90 Å². The van der Waals surface area contributed by atoms with Crippen molar-refractivity contribution < 1.29 is 19.1 Å². The van der Waals surface area contributed by atoms with Crippen LogP contribution in [0.25, 0.3) is 0 Å². The number of anilines is 1. The van der Waals surface area contributed by atoms with E-state index in [1.165, 1.54) is 11.3 Å². The number of carbonyl (C=O) groups excluding carboxylic acids is 2. The highest BCUT2D eigenvalue weighted by atomic mass is 35.5. The van der Waals surface area contributed by atoms with E-state index in [4.69, 9.17) is 21.1 Å². The predicted octanol–water partition coefficient (Wildman–Crippen LogP) is 2.67. The van der Waals surface area contributed by atoms with E-state index in [0.717, 1.165) is 0 Å². The van der Waals surface area contributed by atoms with Crippen LogP contribution in [0.3, 0.4) is 0 Å². The van der Waals surface area contributed by atoms with Crippen LogP contribution in [0.4, 0.5) is 5.69 Å². The van der Waals surface area contributed by atoms with Gasteiger partial charge in [0.15, 0.2) is 6.10 Å². The van der Waals surface area contributed by atoms with Crippen molar-refractivity contribution in [2.75, 3.05) is 37.7 Å². The Labute approximate surface area is 159 Å². The number of morpholine rings is 1. The van der Waals surface area contributed by atoms with Crippen molar-refractivity contribution in [2.45, 2.75) is 6.10 Å². The number of hydrogen-bond donors (Lipinski definition) is 0. The Kier molecular flexibility index (Phi) is 4.84. The van der Waals surface area contributed by atoms with Gasteiger partial charge in [0.05, 0.1) is 34.7 Å². The minimum absolute atomic E-state index is 0.121. The summed E-state index contributed by atoms with van der Waals surface area (Å²) in [5.74, 6) is 0.226. The summed E-state index contributed by atoms with van der Waals surface area (Å²) in [4.78, 5) is 29.7. The summed E-state index contributed by atoms with van der Waals surface area (Å²) in [6.45, 7) is 2.28. The van der Waals surface area contributed by atoms with Crippen molar-refractivity contribution in [2.24, 2.45) is 0 Å². The molecule has 2 aliphatic rings. The number of rotatable bonds is 2. The highest BCUT2D eigenvalue weighted by Crippen LogP contribution is 2.35. The Balaban J connectivity index is 1.62.